The standard InChI is InChI=1S/C15H31O6PSi/c1-12(16)9-14(21-23(7,8)15(2,3)4)10-13(17)11-22(18,19-5)20-6/h14H,9-11H2,1-8H3/t14-/m0/s1. The first-order valence-electron chi connectivity index (χ1n) is 7.66. The Morgan fingerprint density at radius 1 is 1.09 bits per heavy atom. The SMILES string of the molecule is COP(=O)(CC(=O)C[C@H](CC(C)=O)O[Si](C)(C)C(C)(C)C)OC. The first-order valence-corrected chi connectivity index (χ1v) is 12.3. The van der Waals surface area contributed by atoms with Crippen LogP contribution in [-0.2, 0) is 27.6 Å². The largest absolute Gasteiger partial charge is 0.413 e. The molecule has 0 aliphatic heterocycles. The molecule has 0 saturated carbocycles. The van der Waals surface area contributed by atoms with E-state index < -0.39 is 22.0 Å². The number of hydrogen-bond acceptors (Lipinski definition) is 6. The van der Waals surface area contributed by atoms with Crippen molar-refractivity contribution in [3.05, 3.63) is 0 Å². The minimum absolute atomic E-state index is 0.0283. The Balaban J connectivity index is 5.04. The molecule has 0 aromatic heterocycles. The zero-order valence-corrected chi connectivity index (χ0v) is 17.5. The predicted octanol–water partition coefficient (Wildman–Crippen LogP) is 3.80. The van der Waals surface area contributed by atoms with Gasteiger partial charge in [0.05, 0.1) is 6.10 Å². The number of Topliss-reactive ketones (excluding diaryl/α,β-unsaturated/α-hetero) is 2. The van der Waals surface area contributed by atoms with Crippen LogP contribution in [0.2, 0.25) is 18.1 Å². The highest BCUT2D eigenvalue weighted by atomic mass is 31.2. The van der Waals surface area contributed by atoms with Gasteiger partial charge in [0, 0.05) is 27.1 Å². The molecule has 0 radical (unpaired) electrons. The minimum atomic E-state index is -3.39. The van der Waals surface area contributed by atoms with E-state index in [1.807, 2.05) is 0 Å². The van der Waals surface area contributed by atoms with E-state index in [0.717, 1.165) is 0 Å². The zero-order chi connectivity index (χ0) is 18.5. The third kappa shape index (κ3) is 7.85. The molecule has 6 nitrogen and oxygen atoms in total. The summed E-state index contributed by atoms with van der Waals surface area (Å²) in [6, 6.07) is 0. The molecule has 0 aromatic carbocycles. The topological polar surface area (TPSA) is 78.9 Å². The molecule has 136 valence electrons. The first kappa shape index (κ1) is 22.7. The maximum Gasteiger partial charge on any atom is 0.337 e. The Morgan fingerprint density at radius 3 is 1.91 bits per heavy atom. The summed E-state index contributed by atoms with van der Waals surface area (Å²) >= 11 is 0. The number of carbonyl (C=O) groups is 2. The van der Waals surface area contributed by atoms with E-state index in [2.05, 4.69) is 33.9 Å². The van der Waals surface area contributed by atoms with Crippen molar-refractivity contribution in [1.29, 1.82) is 0 Å². The van der Waals surface area contributed by atoms with Crippen molar-refractivity contribution < 1.29 is 27.6 Å². The lowest BCUT2D eigenvalue weighted by Crippen LogP contribution is -2.45. The lowest BCUT2D eigenvalue weighted by Gasteiger charge is -2.39. The second kappa shape index (κ2) is 8.67. The molecular weight excluding hydrogens is 335 g/mol. The normalized spacial score (nSPS) is 14.6. The fraction of sp³-hybridized carbons (Fsp3) is 0.867. The lowest BCUT2D eigenvalue weighted by molar-refractivity contribution is -0.121. The number of rotatable bonds is 10. The van der Waals surface area contributed by atoms with Crippen LogP contribution in [0.15, 0.2) is 0 Å². The second-order valence-electron chi connectivity index (χ2n) is 7.28. The highest BCUT2D eigenvalue weighted by molar-refractivity contribution is 7.54. The number of carbonyl (C=O) groups excluding carboxylic acids is 2. The Labute approximate surface area is 140 Å². The molecule has 0 unspecified atom stereocenters. The molecule has 23 heavy (non-hydrogen) atoms. The van der Waals surface area contributed by atoms with Gasteiger partial charge in [-0.3, -0.25) is 14.2 Å². The first-order chi connectivity index (χ1) is 10.3. The lowest BCUT2D eigenvalue weighted by atomic mass is 10.1. The van der Waals surface area contributed by atoms with Gasteiger partial charge in [0.2, 0.25) is 0 Å². The molecule has 8 heteroatoms. The van der Waals surface area contributed by atoms with E-state index in [0.29, 0.717) is 0 Å². The van der Waals surface area contributed by atoms with Gasteiger partial charge in [0.1, 0.15) is 17.7 Å². The molecule has 0 saturated heterocycles. The van der Waals surface area contributed by atoms with Crippen molar-refractivity contribution in [1.82, 2.24) is 0 Å². The van der Waals surface area contributed by atoms with Crippen molar-refractivity contribution in [3.63, 3.8) is 0 Å². The molecule has 0 aliphatic rings. The summed E-state index contributed by atoms with van der Waals surface area (Å²) < 4.78 is 27.8. The van der Waals surface area contributed by atoms with Crippen LogP contribution < -0.4 is 0 Å². The summed E-state index contributed by atoms with van der Waals surface area (Å²) in [6.07, 6.45) is -0.608. The molecule has 1 atom stereocenters. The fourth-order valence-electron chi connectivity index (χ4n) is 1.81. The average molecular weight is 366 g/mol. The van der Waals surface area contributed by atoms with Gasteiger partial charge in [-0.1, -0.05) is 20.8 Å². The summed E-state index contributed by atoms with van der Waals surface area (Å²) in [5.41, 5.74) is 0. The Kier molecular flexibility index (Phi) is 8.55. The molecule has 0 heterocycles. The van der Waals surface area contributed by atoms with Crippen molar-refractivity contribution in [3.8, 4) is 0 Å². The predicted molar refractivity (Wildman–Crippen MR) is 93.5 cm³/mol. The van der Waals surface area contributed by atoms with Crippen LogP contribution in [0.4, 0.5) is 0 Å². The van der Waals surface area contributed by atoms with E-state index in [1.165, 1.54) is 21.1 Å². The summed E-state index contributed by atoms with van der Waals surface area (Å²) in [6.45, 7) is 11.9. The van der Waals surface area contributed by atoms with Crippen LogP contribution >= 0.6 is 7.60 Å². The second-order valence-corrected chi connectivity index (χ2v) is 14.3. The van der Waals surface area contributed by atoms with Crippen LogP contribution in [0.25, 0.3) is 0 Å². The molecule has 0 spiro atoms. The molecular formula is C15H31O6PSi. The maximum absolute atomic E-state index is 12.2. The van der Waals surface area contributed by atoms with Gasteiger partial charge in [0.15, 0.2) is 8.32 Å². The molecule has 0 aromatic rings. The van der Waals surface area contributed by atoms with E-state index in [9.17, 15) is 14.2 Å². The van der Waals surface area contributed by atoms with Crippen molar-refractivity contribution in [2.45, 2.75) is 64.8 Å². The van der Waals surface area contributed by atoms with Gasteiger partial charge in [-0.05, 0) is 25.1 Å². The number of hydrogen-bond donors (Lipinski definition) is 0. The molecule has 0 amide bonds. The van der Waals surface area contributed by atoms with Crippen molar-refractivity contribution in [2.75, 3.05) is 20.4 Å². The van der Waals surface area contributed by atoms with Gasteiger partial charge in [-0.15, -0.1) is 0 Å². The molecule has 0 aliphatic carbocycles. The fourth-order valence-corrected chi connectivity index (χ4v) is 4.13. The van der Waals surface area contributed by atoms with Gasteiger partial charge >= 0.3 is 7.60 Å². The van der Waals surface area contributed by atoms with Crippen LogP contribution in [0, 0.1) is 0 Å². The Bertz CT molecular complexity index is 461. The average Bonchev–Trinajstić information content (AvgIpc) is 2.35. The molecule has 0 bridgehead atoms. The van der Waals surface area contributed by atoms with Gasteiger partial charge in [-0.2, -0.15) is 0 Å². The van der Waals surface area contributed by atoms with Gasteiger partial charge in [0.25, 0.3) is 0 Å². The summed E-state index contributed by atoms with van der Waals surface area (Å²) in [4.78, 5) is 23.7. The third-order valence-corrected chi connectivity index (χ3v) is 10.6. The zero-order valence-electron chi connectivity index (χ0n) is 15.6. The van der Waals surface area contributed by atoms with Gasteiger partial charge in [-0.25, -0.2) is 0 Å². The van der Waals surface area contributed by atoms with Gasteiger partial charge < -0.3 is 13.5 Å². The smallest absolute Gasteiger partial charge is 0.337 e. The number of ketones is 2. The van der Waals surface area contributed by atoms with Crippen molar-refractivity contribution in [2.24, 2.45) is 0 Å². The third-order valence-electron chi connectivity index (χ3n) is 4.16. The summed E-state index contributed by atoms with van der Waals surface area (Å²) in [5.74, 6) is -0.329. The highest BCUT2D eigenvalue weighted by Gasteiger charge is 2.40. The van der Waals surface area contributed by atoms with E-state index >= 15 is 0 Å². The highest BCUT2D eigenvalue weighted by Crippen LogP contribution is 2.46. The summed E-state index contributed by atoms with van der Waals surface area (Å²) in [5, 5.41) is -0.0283. The van der Waals surface area contributed by atoms with E-state index in [-0.39, 0.29) is 35.6 Å². The van der Waals surface area contributed by atoms with Crippen molar-refractivity contribution >= 4 is 27.5 Å². The van der Waals surface area contributed by atoms with Crippen LogP contribution in [-0.4, -0.2) is 46.4 Å². The maximum atomic E-state index is 12.2. The Morgan fingerprint density at radius 2 is 1.57 bits per heavy atom. The monoisotopic (exact) mass is 366 g/mol. The molecule has 0 rings (SSSR count). The Hall–Kier alpha value is -0.333. The van der Waals surface area contributed by atoms with Crippen LogP contribution in [0.5, 0.6) is 0 Å². The van der Waals surface area contributed by atoms with E-state index in [1.54, 1.807) is 0 Å². The molecule has 0 N–H and O–H groups in total. The van der Waals surface area contributed by atoms with Crippen LogP contribution in [0.1, 0.15) is 40.5 Å². The molecule has 0 fully saturated rings. The van der Waals surface area contributed by atoms with Crippen LogP contribution in [0.3, 0.4) is 0 Å². The summed E-state index contributed by atoms with van der Waals surface area (Å²) in [7, 11) is -3.01. The van der Waals surface area contributed by atoms with E-state index in [4.69, 9.17) is 13.5 Å². The quantitative estimate of drug-likeness (QED) is 0.432. The minimum Gasteiger partial charge on any atom is -0.413 e.